The van der Waals surface area contributed by atoms with Crippen LogP contribution in [-0.4, -0.2) is 47.9 Å². The zero-order chi connectivity index (χ0) is 52.6. The van der Waals surface area contributed by atoms with E-state index < -0.39 is 0 Å². The van der Waals surface area contributed by atoms with Crippen LogP contribution in [0.3, 0.4) is 0 Å². The zero-order valence-electron chi connectivity index (χ0n) is 46.7. The number of pyridine rings is 3. The molecule has 0 radical (unpaired) electrons. The quantitative estimate of drug-likeness (QED) is 0.149. The smallest absolute Gasteiger partial charge is 0.115 e. The predicted molar refractivity (Wildman–Crippen MR) is 296 cm³/mol. The molecular weight excluding hydrogens is 845 g/mol. The Labute approximate surface area is 420 Å². The lowest BCUT2D eigenvalue weighted by atomic mass is 9.87. The highest BCUT2D eigenvalue weighted by atomic mass is 15.1. The van der Waals surface area contributed by atoms with Gasteiger partial charge in [-0.1, -0.05) is 200 Å². The fourth-order valence-electron chi connectivity index (χ4n) is 5.60. The van der Waals surface area contributed by atoms with Gasteiger partial charge in [0.2, 0.25) is 0 Å². The summed E-state index contributed by atoms with van der Waals surface area (Å²) in [5, 5.41) is 7.80. The van der Waals surface area contributed by atoms with Crippen LogP contribution in [0.5, 0.6) is 0 Å². The molecule has 0 unspecified atom stereocenters. The van der Waals surface area contributed by atoms with Crippen molar-refractivity contribution in [2.24, 2.45) is 10.4 Å². The second-order valence-corrected chi connectivity index (χ2v) is 24.2. The number of hydrogen-bond donors (Lipinski definition) is 0. The maximum Gasteiger partial charge on any atom is 0.115 e. The van der Waals surface area contributed by atoms with Gasteiger partial charge in [0.05, 0.1) is 12.2 Å². The molecule has 0 amide bonds. The highest BCUT2D eigenvalue weighted by Crippen LogP contribution is 2.26. The lowest BCUT2D eigenvalue weighted by Gasteiger charge is -2.18. The van der Waals surface area contributed by atoms with E-state index in [9.17, 15) is 0 Å². The number of aliphatic imine (C=N–C) groups is 1. The minimum absolute atomic E-state index is 0.119. The lowest BCUT2D eigenvalue weighted by Crippen LogP contribution is -2.13. The molecule has 0 bridgehead atoms. The van der Waals surface area contributed by atoms with Gasteiger partial charge in [0.1, 0.15) is 6.33 Å². The highest BCUT2D eigenvalue weighted by Gasteiger charge is 2.18. The normalized spacial score (nSPS) is 12.4. The Hall–Kier alpha value is -5.76. The van der Waals surface area contributed by atoms with Crippen LogP contribution in [0.1, 0.15) is 179 Å². The summed E-state index contributed by atoms with van der Waals surface area (Å²) in [6.07, 6.45) is 20.4. The van der Waals surface area contributed by atoms with Gasteiger partial charge in [-0.2, -0.15) is 10.2 Å². The maximum absolute atomic E-state index is 4.25. The van der Waals surface area contributed by atoms with Crippen LogP contribution in [0.2, 0.25) is 0 Å². The van der Waals surface area contributed by atoms with Crippen molar-refractivity contribution in [3.63, 3.8) is 0 Å². The van der Waals surface area contributed by atoms with Crippen LogP contribution in [0, 0.1) is 5.41 Å². The standard InChI is InChI=1S/C10H14.3C9H13N.2C8H12N2.C8H13N/c1-10(2,3)9-7-5-4-6-8-9;2*1-9(2,3)8-5-4-6-10-7-8;1-9(2,3)8-6-4-5-7-10-8;1-8(2,3)7-4-9-6-10-5-7;1-8(2,3)7-5-4-6-9-10-7;1-8(2,3)7-4-5-9-6-7/h4-8H,1-3H3;3*4-7H,1-3H3;2*4-6H,1-3H3;4,6H,5H2,1-3H3. The summed E-state index contributed by atoms with van der Waals surface area (Å²) < 4.78 is 0. The van der Waals surface area contributed by atoms with Crippen molar-refractivity contribution in [2.75, 3.05) is 6.54 Å². The predicted octanol–water partition coefficient (Wildman–Crippen LogP) is 15.7. The van der Waals surface area contributed by atoms with E-state index in [0.717, 1.165) is 17.9 Å². The van der Waals surface area contributed by atoms with E-state index in [4.69, 9.17) is 0 Å². The highest BCUT2D eigenvalue weighted by molar-refractivity contribution is 5.82. The summed E-state index contributed by atoms with van der Waals surface area (Å²) in [6, 6.07) is 28.6. The van der Waals surface area contributed by atoms with Crippen molar-refractivity contribution in [1.82, 2.24) is 35.1 Å². The molecule has 0 saturated carbocycles. The average molecular weight is 935 g/mol. The van der Waals surface area contributed by atoms with Crippen molar-refractivity contribution in [2.45, 2.75) is 178 Å². The maximum atomic E-state index is 4.25. The molecule has 0 spiro atoms. The molecule has 69 heavy (non-hydrogen) atoms. The summed E-state index contributed by atoms with van der Waals surface area (Å²) in [4.78, 5) is 24.3. The molecule has 0 fully saturated rings. The molecule has 1 aromatic carbocycles. The molecule has 7 rings (SSSR count). The van der Waals surface area contributed by atoms with Crippen LogP contribution in [0.15, 0.2) is 157 Å². The number of hydrogen-bond acceptors (Lipinski definition) is 8. The van der Waals surface area contributed by atoms with Crippen LogP contribution in [-0.2, 0) is 32.5 Å². The van der Waals surface area contributed by atoms with Crippen molar-refractivity contribution < 1.29 is 0 Å². The van der Waals surface area contributed by atoms with Gasteiger partial charge in [-0.3, -0.25) is 19.9 Å². The SMILES string of the molecule is CC(C)(C)C1=CCN=C1.CC(C)(C)c1ccccc1.CC(C)(C)c1ccccn1.CC(C)(C)c1cccnc1.CC(C)(C)c1cccnc1.CC(C)(C)c1cccnn1.CC(C)(C)c1cncnc1. The largest absolute Gasteiger partial charge is 0.289 e. The van der Waals surface area contributed by atoms with Gasteiger partial charge in [-0.05, 0) is 91.3 Å². The van der Waals surface area contributed by atoms with Gasteiger partial charge in [0.25, 0.3) is 0 Å². The first-order valence-corrected chi connectivity index (χ1v) is 24.3. The van der Waals surface area contributed by atoms with Crippen molar-refractivity contribution in [1.29, 1.82) is 0 Å². The van der Waals surface area contributed by atoms with Gasteiger partial charge < -0.3 is 0 Å². The third-order valence-corrected chi connectivity index (χ3v) is 10.4. The summed E-state index contributed by atoms with van der Waals surface area (Å²) in [5.41, 5.74) is 10.2. The van der Waals surface area contributed by atoms with Gasteiger partial charge in [0, 0.05) is 72.3 Å². The van der Waals surface area contributed by atoms with Crippen molar-refractivity contribution >= 4 is 6.21 Å². The Bertz CT molecular complexity index is 1900. The number of allylic oxidation sites excluding steroid dienone is 1. The molecule has 374 valence electrons. The number of aromatic nitrogens is 7. The summed E-state index contributed by atoms with van der Waals surface area (Å²) in [7, 11) is 0. The second-order valence-electron chi connectivity index (χ2n) is 24.2. The molecule has 0 N–H and O–H groups in total. The van der Waals surface area contributed by atoms with E-state index in [1.165, 1.54) is 27.8 Å². The molecule has 1 aliphatic heterocycles. The molecule has 0 atom stereocenters. The molecular formula is C61H90N8. The zero-order valence-corrected chi connectivity index (χ0v) is 46.7. The first-order valence-electron chi connectivity index (χ1n) is 24.3. The van der Waals surface area contributed by atoms with E-state index in [1.54, 1.807) is 24.9 Å². The van der Waals surface area contributed by atoms with Crippen LogP contribution in [0.4, 0.5) is 0 Å². The Balaban J connectivity index is 0.000000403. The van der Waals surface area contributed by atoms with Crippen LogP contribution < -0.4 is 0 Å². The summed E-state index contributed by atoms with van der Waals surface area (Å²) in [5.74, 6) is 0. The van der Waals surface area contributed by atoms with Gasteiger partial charge >= 0.3 is 0 Å². The number of benzene rings is 1. The van der Waals surface area contributed by atoms with E-state index in [0.29, 0.717) is 10.8 Å². The first-order chi connectivity index (χ1) is 31.7. The molecule has 6 aromatic rings. The minimum Gasteiger partial charge on any atom is -0.289 e. The van der Waals surface area contributed by atoms with Gasteiger partial charge in [0.15, 0.2) is 0 Å². The minimum atomic E-state index is 0.119. The molecule has 5 aromatic heterocycles. The second kappa shape index (κ2) is 28.0. The van der Waals surface area contributed by atoms with Crippen molar-refractivity contribution in [3.8, 4) is 0 Å². The third kappa shape index (κ3) is 27.1. The third-order valence-electron chi connectivity index (χ3n) is 10.4. The number of nitrogens with zero attached hydrogens (tertiary/aromatic N) is 8. The van der Waals surface area contributed by atoms with Gasteiger partial charge in [-0.15, -0.1) is 0 Å². The summed E-state index contributed by atoms with van der Waals surface area (Å²) >= 11 is 0. The molecule has 6 heterocycles. The fourth-order valence-corrected chi connectivity index (χ4v) is 5.60. The Morgan fingerprint density at radius 1 is 0.348 bits per heavy atom. The van der Waals surface area contributed by atoms with Gasteiger partial charge in [-0.25, -0.2) is 9.97 Å². The Morgan fingerprint density at radius 3 is 1.01 bits per heavy atom. The average Bonchev–Trinajstić information content (AvgIpc) is 3.85. The monoisotopic (exact) mass is 935 g/mol. The molecule has 8 nitrogen and oxygen atoms in total. The van der Waals surface area contributed by atoms with E-state index in [2.05, 4.69) is 240 Å². The molecule has 8 heteroatoms. The Morgan fingerprint density at radius 2 is 0.768 bits per heavy atom. The molecule has 0 saturated heterocycles. The van der Waals surface area contributed by atoms with Crippen molar-refractivity contribution in [3.05, 3.63) is 186 Å². The van der Waals surface area contributed by atoms with E-state index in [-0.39, 0.29) is 27.1 Å². The Kier molecular flexibility index (Phi) is 24.9. The van der Waals surface area contributed by atoms with E-state index in [1.807, 2.05) is 73.6 Å². The van der Waals surface area contributed by atoms with E-state index >= 15 is 0 Å². The molecule has 0 aliphatic carbocycles. The topological polar surface area (TPSA) is 103 Å². The van der Waals surface area contributed by atoms with Crippen LogP contribution in [0.25, 0.3) is 0 Å². The lowest BCUT2D eigenvalue weighted by molar-refractivity contribution is 0.527. The fraction of sp³-hybridized carbons (Fsp3) is 0.475. The van der Waals surface area contributed by atoms with Crippen LogP contribution >= 0.6 is 0 Å². The summed E-state index contributed by atoms with van der Waals surface area (Å²) in [6.45, 7) is 46.6. The first kappa shape index (κ1) is 61.3. The molecule has 1 aliphatic rings. The number of rotatable bonds is 0.